The van der Waals surface area contributed by atoms with Gasteiger partial charge in [-0.15, -0.1) is 11.8 Å². The molecule has 1 aliphatic heterocycles. The summed E-state index contributed by atoms with van der Waals surface area (Å²) in [6.45, 7) is 1.97. The van der Waals surface area contributed by atoms with Crippen molar-refractivity contribution in [3.05, 3.63) is 30.1 Å². The summed E-state index contributed by atoms with van der Waals surface area (Å²) in [4.78, 5) is 15.8. The summed E-state index contributed by atoms with van der Waals surface area (Å²) in [7, 11) is 0. The van der Waals surface area contributed by atoms with E-state index in [-0.39, 0.29) is 5.91 Å². The fourth-order valence-corrected chi connectivity index (χ4v) is 2.77. The van der Waals surface area contributed by atoms with Gasteiger partial charge in [0.25, 0.3) is 0 Å². The van der Waals surface area contributed by atoms with Gasteiger partial charge in [-0.25, -0.2) is 0 Å². The standard InChI is InChI=1S/C13H19N3OS/c17-13(16-12-4-2-6-15-8-12)10-18-9-11-3-1-5-14-7-11/h1,3,5,7,12,15H,2,4,6,8-10H2,(H,16,17)/t12-/m0/s1. The summed E-state index contributed by atoms with van der Waals surface area (Å²) in [6, 6.07) is 4.26. The van der Waals surface area contributed by atoms with Crippen molar-refractivity contribution in [1.82, 2.24) is 15.6 Å². The molecule has 18 heavy (non-hydrogen) atoms. The summed E-state index contributed by atoms with van der Waals surface area (Å²) in [5, 5.41) is 6.36. The maximum Gasteiger partial charge on any atom is 0.230 e. The number of nitrogens with zero attached hydrogens (tertiary/aromatic N) is 1. The van der Waals surface area contributed by atoms with Crippen LogP contribution in [0.1, 0.15) is 18.4 Å². The maximum absolute atomic E-state index is 11.7. The highest BCUT2D eigenvalue weighted by molar-refractivity contribution is 7.99. The number of amides is 1. The zero-order valence-electron chi connectivity index (χ0n) is 10.4. The molecule has 1 aromatic heterocycles. The summed E-state index contributed by atoms with van der Waals surface area (Å²) < 4.78 is 0. The number of carbonyl (C=O) groups is 1. The Kier molecular flexibility index (Phi) is 5.48. The molecule has 0 saturated carbocycles. The first-order valence-electron chi connectivity index (χ1n) is 6.31. The van der Waals surface area contributed by atoms with Crippen LogP contribution in [0.2, 0.25) is 0 Å². The number of hydrogen-bond acceptors (Lipinski definition) is 4. The zero-order chi connectivity index (χ0) is 12.6. The Morgan fingerprint density at radius 1 is 1.61 bits per heavy atom. The number of hydrogen-bond donors (Lipinski definition) is 2. The van der Waals surface area contributed by atoms with Gasteiger partial charge in [0.05, 0.1) is 5.75 Å². The topological polar surface area (TPSA) is 54.0 Å². The number of thioether (sulfide) groups is 1. The molecule has 2 rings (SSSR count). The summed E-state index contributed by atoms with van der Waals surface area (Å²) >= 11 is 1.63. The molecule has 0 bridgehead atoms. The Labute approximate surface area is 112 Å². The lowest BCUT2D eigenvalue weighted by molar-refractivity contribution is -0.119. The van der Waals surface area contributed by atoms with Gasteiger partial charge in [0, 0.05) is 30.7 Å². The van der Waals surface area contributed by atoms with Crippen LogP contribution in [0.4, 0.5) is 0 Å². The first kappa shape index (κ1) is 13.4. The number of piperidine rings is 1. The fraction of sp³-hybridized carbons (Fsp3) is 0.538. The van der Waals surface area contributed by atoms with Crippen LogP contribution in [0.3, 0.4) is 0 Å². The molecule has 0 radical (unpaired) electrons. The average Bonchev–Trinajstić information content (AvgIpc) is 2.41. The first-order chi connectivity index (χ1) is 8.84. The van der Waals surface area contributed by atoms with Gasteiger partial charge in [-0.1, -0.05) is 6.07 Å². The largest absolute Gasteiger partial charge is 0.351 e. The molecule has 2 N–H and O–H groups in total. The van der Waals surface area contributed by atoms with E-state index in [1.165, 1.54) is 0 Å². The lowest BCUT2D eigenvalue weighted by Gasteiger charge is -2.23. The molecule has 1 aromatic rings. The lowest BCUT2D eigenvalue weighted by atomic mass is 10.1. The molecule has 1 fully saturated rings. The quantitative estimate of drug-likeness (QED) is 0.839. The summed E-state index contributed by atoms with van der Waals surface area (Å²) in [6.07, 6.45) is 5.84. The van der Waals surface area contributed by atoms with Gasteiger partial charge in [-0.05, 0) is 31.0 Å². The van der Waals surface area contributed by atoms with E-state index >= 15 is 0 Å². The van der Waals surface area contributed by atoms with E-state index in [1.54, 1.807) is 18.0 Å². The predicted octanol–water partition coefficient (Wildman–Crippen LogP) is 1.18. The molecule has 2 heterocycles. The van der Waals surface area contributed by atoms with Crippen molar-refractivity contribution >= 4 is 17.7 Å². The van der Waals surface area contributed by atoms with E-state index in [0.717, 1.165) is 37.2 Å². The van der Waals surface area contributed by atoms with Crippen molar-refractivity contribution in [1.29, 1.82) is 0 Å². The van der Waals surface area contributed by atoms with Gasteiger partial charge in [0.1, 0.15) is 0 Å². The van der Waals surface area contributed by atoms with Crippen molar-refractivity contribution in [3.8, 4) is 0 Å². The van der Waals surface area contributed by atoms with E-state index in [9.17, 15) is 4.79 Å². The number of aromatic nitrogens is 1. The normalized spacial score (nSPS) is 19.4. The molecule has 0 spiro atoms. The molecule has 0 aliphatic carbocycles. The maximum atomic E-state index is 11.7. The Balaban J connectivity index is 1.62. The van der Waals surface area contributed by atoms with Crippen molar-refractivity contribution in [2.24, 2.45) is 0 Å². The van der Waals surface area contributed by atoms with Crippen molar-refractivity contribution in [2.45, 2.75) is 24.6 Å². The second-order valence-corrected chi connectivity index (χ2v) is 5.45. The Bertz CT molecular complexity index is 366. The van der Waals surface area contributed by atoms with Gasteiger partial charge in [0.2, 0.25) is 5.91 Å². The highest BCUT2D eigenvalue weighted by Gasteiger charge is 2.14. The Morgan fingerprint density at radius 2 is 2.56 bits per heavy atom. The van der Waals surface area contributed by atoms with E-state index in [0.29, 0.717) is 11.8 Å². The van der Waals surface area contributed by atoms with E-state index < -0.39 is 0 Å². The average molecular weight is 265 g/mol. The second-order valence-electron chi connectivity index (χ2n) is 4.46. The van der Waals surface area contributed by atoms with Crippen LogP contribution in [-0.2, 0) is 10.5 Å². The Hall–Kier alpha value is -1.07. The number of nitrogens with one attached hydrogen (secondary N) is 2. The fourth-order valence-electron chi connectivity index (χ4n) is 1.99. The highest BCUT2D eigenvalue weighted by atomic mass is 32.2. The van der Waals surface area contributed by atoms with E-state index in [4.69, 9.17) is 0 Å². The molecular weight excluding hydrogens is 246 g/mol. The minimum atomic E-state index is 0.137. The Morgan fingerprint density at radius 3 is 3.28 bits per heavy atom. The third kappa shape index (κ3) is 4.66. The summed E-state index contributed by atoms with van der Waals surface area (Å²) in [5.74, 6) is 1.49. The third-order valence-electron chi connectivity index (χ3n) is 2.89. The SMILES string of the molecule is O=C(CSCc1cccnc1)N[C@H]1CCCNC1. The molecule has 5 heteroatoms. The van der Waals surface area contributed by atoms with E-state index in [1.807, 2.05) is 18.3 Å². The van der Waals surface area contributed by atoms with Gasteiger partial charge in [0.15, 0.2) is 0 Å². The van der Waals surface area contributed by atoms with Crippen LogP contribution in [0.15, 0.2) is 24.5 Å². The van der Waals surface area contributed by atoms with Crippen molar-refractivity contribution < 1.29 is 4.79 Å². The molecule has 0 unspecified atom stereocenters. The second kappa shape index (κ2) is 7.38. The van der Waals surface area contributed by atoms with E-state index in [2.05, 4.69) is 15.6 Å². The lowest BCUT2D eigenvalue weighted by Crippen LogP contribution is -2.46. The van der Waals surface area contributed by atoms with Gasteiger partial charge < -0.3 is 10.6 Å². The van der Waals surface area contributed by atoms with Crippen molar-refractivity contribution in [3.63, 3.8) is 0 Å². The molecule has 4 nitrogen and oxygen atoms in total. The first-order valence-corrected chi connectivity index (χ1v) is 7.47. The molecule has 1 amide bonds. The monoisotopic (exact) mass is 265 g/mol. The smallest absolute Gasteiger partial charge is 0.230 e. The third-order valence-corrected chi connectivity index (χ3v) is 3.89. The minimum Gasteiger partial charge on any atom is -0.351 e. The molecule has 1 saturated heterocycles. The van der Waals surface area contributed by atoms with Gasteiger partial charge >= 0.3 is 0 Å². The van der Waals surface area contributed by atoms with Crippen LogP contribution in [0, 0.1) is 0 Å². The zero-order valence-corrected chi connectivity index (χ0v) is 11.2. The van der Waals surface area contributed by atoms with Crippen LogP contribution in [-0.4, -0.2) is 35.8 Å². The molecule has 1 aliphatic rings. The van der Waals surface area contributed by atoms with Crippen LogP contribution in [0.25, 0.3) is 0 Å². The summed E-state index contributed by atoms with van der Waals surface area (Å²) in [5.41, 5.74) is 1.16. The van der Waals surface area contributed by atoms with Crippen LogP contribution >= 0.6 is 11.8 Å². The number of pyridine rings is 1. The van der Waals surface area contributed by atoms with Gasteiger partial charge in [-0.2, -0.15) is 0 Å². The predicted molar refractivity (Wildman–Crippen MR) is 74.4 cm³/mol. The number of rotatable bonds is 5. The van der Waals surface area contributed by atoms with Gasteiger partial charge in [-0.3, -0.25) is 9.78 Å². The van der Waals surface area contributed by atoms with Crippen LogP contribution < -0.4 is 10.6 Å². The van der Waals surface area contributed by atoms with Crippen LogP contribution in [0.5, 0.6) is 0 Å². The molecule has 1 atom stereocenters. The molecule has 0 aromatic carbocycles. The number of carbonyl (C=O) groups excluding carboxylic acids is 1. The molecular formula is C13H19N3OS. The molecule has 98 valence electrons. The highest BCUT2D eigenvalue weighted by Crippen LogP contribution is 2.10. The minimum absolute atomic E-state index is 0.137. The van der Waals surface area contributed by atoms with Crippen molar-refractivity contribution in [2.75, 3.05) is 18.8 Å².